The maximum Gasteiger partial charge on any atom is 0.134 e. The van der Waals surface area contributed by atoms with Gasteiger partial charge in [-0.05, 0) is 112 Å². The van der Waals surface area contributed by atoms with E-state index >= 15 is 8.78 Å². The molecule has 4 aliphatic rings. The predicted octanol–water partition coefficient (Wildman–Crippen LogP) is 9.27. The fraction of sp³-hybridized carbons (Fsp3) is 1.00. The molecule has 0 nitrogen and oxygen atoms in total. The van der Waals surface area contributed by atoms with E-state index < -0.39 is 18.5 Å². The van der Waals surface area contributed by atoms with Crippen LogP contribution in [0.5, 0.6) is 0 Å². The number of halogens is 3. The molecule has 0 aromatic carbocycles. The molecule has 0 radical (unpaired) electrons. The molecule has 0 saturated heterocycles. The summed E-state index contributed by atoms with van der Waals surface area (Å²) in [6, 6.07) is 0. The fourth-order valence-corrected chi connectivity index (χ4v) is 8.19. The molecule has 0 amide bonds. The second kappa shape index (κ2) is 11.5. The van der Waals surface area contributed by atoms with Crippen LogP contribution in [0.25, 0.3) is 0 Å². The summed E-state index contributed by atoms with van der Waals surface area (Å²) < 4.78 is 45.0. The lowest BCUT2D eigenvalue weighted by atomic mass is 9.63. The molecule has 0 heterocycles. The molecular weight excluding hydrogens is 405 g/mol. The second-order valence-electron chi connectivity index (χ2n) is 12.5. The Balaban J connectivity index is 1.19. The van der Waals surface area contributed by atoms with Crippen LogP contribution in [0.15, 0.2) is 0 Å². The van der Waals surface area contributed by atoms with Crippen molar-refractivity contribution in [3.63, 3.8) is 0 Å². The highest BCUT2D eigenvalue weighted by Crippen LogP contribution is 2.48. The first-order valence-electron chi connectivity index (χ1n) is 14.4. The minimum atomic E-state index is -1.24. The number of hydrogen-bond donors (Lipinski definition) is 0. The highest BCUT2D eigenvalue weighted by atomic mass is 19.2. The third-order valence-corrected chi connectivity index (χ3v) is 10.7. The van der Waals surface area contributed by atoms with Gasteiger partial charge in [-0.2, -0.15) is 0 Å². The van der Waals surface area contributed by atoms with Crippen molar-refractivity contribution in [3.05, 3.63) is 0 Å². The number of alkyl halides is 3. The van der Waals surface area contributed by atoms with E-state index in [4.69, 9.17) is 0 Å². The minimum absolute atomic E-state index is 0.0264. The first-order valence-corrected chi connectivity index (χ1v) is 14.4. The smallest absolute Gasteiger partial charge is 0.134 e. The molecular formula is C29H49F3. The Kier molecular flexibility index (Phi) is 8.93. The summed E-state index contributed by atoms with van der Waals surface area (Å²) in [5.41, 5.74) is 0. The summed E-state index contributed by atoms with van der Waals surface area (Å²) in [7, 11) is 0. The Bertz CT molecular complexity index is 549. The monoisotopic (exact) mass is 454 g/mol. The molecule has 4 fully saturated rings. The molecule has 0 aromatic heterocycles. The average molecular weight is 455 g/mol. The average Bonchev–Trinajstić information content (AvgIpc) is 2.81. The summed E-state index contributed by atoms with van der Waals surface area (Å²) in [5, 5.41) is 0. The molecule has 0 N–H and O–H groups in total. The molecule has 4 saturated carbocycles. The fourth-order valence-electron chi connectivity index (χ4n) is 8.19. The van der Waals surface area contributed by atoms with E-state index in [1.54, 1.807) is 0 Å². The molecule has 0 aliphatic heterocycles. The Morgan fingerprint density at radius 2 is 1.12 bits per heavy atom. The summed E-state index contributed by atoms with van der Waals surface area (Å²) in [5.74, 6) is 3.04. The van der Waals surface area contributed by atoms with E-state index in [0.29, 0.717) is 23.7 Å². The lowest BCUT2D eigenvalue weighted by molar-refractivity contribution is -0.0367. The van der Waals surface area contributed by atoms with E-state index in [1.807, 2.05) is 0 Å². The van der Waals surface area contributed by atoms with Crippen LogP contribution in [0, 0.1) is 47.3 Å². The van der Waals surface area contributed by atoms with Gasteiger partial charge in [-0.15, -0.1) is 0 Å². The van der Waals surface area contributed by atoms with Crippen LogP contribution in [0.4, 0.5) is 13.2 Å². The van der Waals surface area contributed by atoms with E-state index in [9.17, 15) is 4.39 Å². The summed E-state index contributed by atoms with van der Waals surface area (Å²) >= 11 is 0. The van der Waals surface area contributed by atoms with Crippen molar-refractivity contribution in [1.29, 1.82) is 0 Å². The standard InChI is InChI=1S/C29H49F3/c1-3-20-6-14-24(27(30)18-20)15-9-21-7-12-23(13-8-21)26-17-16-25(28(31)29(26)32)22-10-4-19(2)5-11-22/h19-29H,3-18H2,1-2H3. The second-order valence-corrected chi connectivity index (χ2v) is 12.5. The Labute approximate surface area is 195 Å². The van der Waals surface area contributed by atoms with Gasteiger partial charge in [0.2, 0.25) is 0 Å². The maximum atomic E-state index is 15.3. The summed E-state index contributed by atoms with van der Waals surface area (Å²) in [6.07, 6.45) is 14.1. The van der Waals surface area contributed by atoms with Crippen molar-refractivity contribution in [1.82, 2.24) is 0 Å². The van der Waals surface area contributed by atoms with Crippen LogP contribution in [0.3, 0.4) is 0 Å². The Hall–Kier alpha value is -0.210. The van der Waals surface area contributed by atoms with Gasteiger partial charge < -0.3 is 0 Å². The van der Waals surface area contributed by atoms with Crippen molar-refractivity contribution in [2.45, 2.75) is 135 Å². The van der Waals surface area contributed by atoms with Gasteiger partial charge in [0.1, 0.15) is 18.5 Å². The Morgan fingerprint density at radius 3 is 1.66 bits per heavy atom. The van der Waals surface area contributed by atoms with E-state index in [1.165, 1.54) is 19.3 Å². The Morgan fingerprint density at radius 1 is 0.594 bits per heavy atom. The van der Waals surface area contributed by atoms with Crippen LogP contribution in [-0.4, -0.2) is 18.5 Å². The third kappa shape index (κ3) is 5.88. The lowest BCUT2D eigenvalue weighted by Crippen LogP contribution is -2.45. The van der Waals surface area contributed by atoms with Gasteiger partial charge in [0.25, 0.3) is 0 Å². The molecule has 32 heavy (non-hydrogen) atoms. The molecule has 4 aliphatic carbocycles. The van der Waals surface area contributed by atoms with Gasteiger partial charge in [0, 0.05) is 0 Å². The molecule has 186 valence electrons. The SMILES string of the molecule is CCC1CCC(CCC2CCC(C3CCC(C4CCC(C)CC4)C(F)C3F)CC2)C(F)C1. The van der Waals surface area contributed by atoms with E-state index in [2.05, 4.69) is 13.8 Å². The third-order valence-electron chi connectivity index (χ3n) is 10.7. The molecule has 7 unspecified atom stereocenters. The zero-order chi connectivity index (χ0) is 22.7. The van der Waals surface area contributed by atoms with Crippen molar-refractivity contribution in [2.75, 3.05) is 0 Å². The zero-order valence-corrected chi connectivity index (χ0v) is 20.8. The first-order chi connectivity index (χ1) is 15.5. The molecule has 7 atom stereocenters. The van der Waals surface area contributed by atoms with Crippen molar-refractivity contribution < 1.29 is 13.2 Å². The maximum absolute atomic E-state index is 15.3. The van der Waals surface area contributed by atoms with Crippen LogP contribution in [-0.2, 0) is 0 Å². The van der Waals surface area contributed by atoms with Gasteiger partial charge in [-0.3, -0.25) is 0 Å². The number of hydrogen-bond acceptors (Lipinski definition) is 0. The lowest BCUT2D eigenvalue weighted by Gasteiger charge is -2.44. The van der Waals surface area contributed by atoms with Crippen LogP contribution >= 0.6 is 0 Å². The van der Waals surface area contributed by atoms with E-state index in [0.717, 1.165) is 89.4 Å². The predicted molar refractivity (Wildman–Crippen MR) is 128 cm³/mol. The number of rotatable bonds is 6. The van der Waals surface area contributed by atoms with Gasteiger partial charge in [0.05, 0.1) is 0 Å². The van der Waals surface area contributed by atoms with Gasteiger partial charge >= 0.3 is 0 Å². The van der Waals surface area contributed by atoms with Crippen molar-refractivity contribution in [2.24, 2.45) is 47.3 Å². The zero-order valence-electron chi connectivity index (χ0n) is 20.8. The van der Waals surface area contributed by atoms with Crippen molar-refractivity contribution in [3.8, 4) is 0 Å². The largest absolute Gasteiger partial charge is 0.247 e. The molecule has 0 bridgehead atoms. The van der Waals surface area contributed by atoms with Gasteiger partial charge in [-0.25, -0.2) is 13.2 Å². The highest BCUT2D eigenvalue weighted by molar-refractivity contribution is 4.95. The topological polar surface area (TPSA) is 0 Å². The van der Waals surface area contributed by atoms with Crippen LogP contribution in [0.2, 0.25) is 0 Å². The molecule has 0 spiro atoms. The van der Waals surface area contributed by atoms with Crippen molar-refractivity contribution >= 4 is 0 Å². The highest BCUT2D eigenvalue weighted by Gasteiger charge is 2.46. The first kappa shape index (κ1) is 24.9. The van der Waals surface area contributed by atoms with Gasteiger partial charge in [0.15, 0.2) is 0 Å². The molecule has 3 heteroatoms. The minimum Gasteiger partial charge on any atom is -0.247 e. The van der Waals surface area contributed by atoms with Crippen LogP contribution < -0.4 is 0 Å². The van der Waals surface area contributed by atoms with Crippen LogP contribution in [0.1, 0.15) is 117 Å². The quantitative estimate of drug-likeness (QED) is 0.375. The summed E-state index contributed by atoms with van der Waals surface area (Å²) in [6.45, 7) is 4.48. The van der Waals surface area contributed by atoms with Gasteiger partial charge in [-0.1, -0.05) is 52.4 Å². The molecule has 0 aromatic rings. The normalized spacial score (nSPS) is 48.5. The summed E-state index contributed by atoms with van der Waals surface area (Å²) in [4.78, 5) is 0. The molecule has 4 rings (SSSR count). The van der Waals surface area contributed by atoms with E-state index in [-0.39, 0.29) is 17.8 Å².